The summed E-state index contributed by atoms with van der Waals surface area (Å²) in [5.74, 6) is 6.23. The lowest BCUT2D eigenvalue weighted by atomic mass is 10.3. The maximum atomic E-state index is 5.31. The summed E-state index contributed by atoms with van der Waals surface area (Å²) in [6, 6.07) is 0. The van der Waals surface area contributed by atoms with Crippen LogP contribution in [0.2, 0.25) is 0 Å². The summed E-state index contributed by atoms with van der Waals surface area (Å²) in [5, 5.41) is 0. The Morgan fingerprint density at radius 3 is 2.62 bits per heavy atom. The van der Waals surface area contributed by atoms with E-state index in [1.165, 1.54) is 12.8 Å². The lowest BCUT2D eigenvalue weighted by Crippen LogP contribution is -1.67. The van der Waals surface area contributed by atoms with Gasteiger partial charge >= 0.3 is 0 Å². The largest absolute Gasteiger partial charge is 0.113 e. The van der Waals surface area contributed by atoms with Gasteiger partial charge in [-0.3, -0.25) is 0 Å². The SMILES string of the molecule is CCCCC#CCCl. The van der Waals surface area contributed by atoms with E-state index in [-0.39, 0.29) is 0 Å². The Labute approximate surface area is 56.2 Å². The summed E-state index contributed by atoms with van der Waals surface area (Å²) in [6.07, 6.45) is 3.42. The van der Waals surface area contributed by atoms with Crippen molar-refractivity contribution < 1.29 is 0 Å². The fourth-order valence-electron chi connectivity index (χ4n) is 0.401. The van der Waals surface area contributed by atoms with Crippen LogP contribution in [0.4, 0.5) is 0 Å². The van der Waals surface area contributed by atoms with E-state index in [0.717, 1.165) is 6.42 Å². The van der Waals surface area contributed by atoms with Gasteiger partial charge in [-0.05, 0) is 6.42 Å². The summed E-state index contributed by atoms with van der Waals surface area (Å²) in [7, 11) is 0. The second-order valence-corrected chi connectivity index (χ2v) is 1.86. The van der Waals surface area contributed by atoms with Gasteiger partial charge in [0.05, 0.1) is 5.88 Å². The van der Waals surface area contributed by atoms with Crippen LogP contribution in [0, 0.1) is 11.8 Å². The minimum Gasteiger partial charge on any atom is -0.113 e. The maximum Gasteiger partial charge on any atom is 0.0835 e. The van der Waals surface area contributed by atoms with Gasteiger partial charge in [-0.15, -0.1) is 17.5 Å². The van der Waals surface area contributed by atoms with Gasteiger partial charge in [-0.2, -0.15) is 0 Å². The van der Waals surface area contributed by atoms with Crippen molar-refractivity contribution in [3.8, 4) is 11.8 Å². The number of hydrogen-bond acceptors (Lipinski definition) is 0. The molecule has 0 aliphatic heterocycles. The van der Waals surface area contributed by atoms with Crippen LogP contribution in [0.15, 0.2) is 0 Å². The molecule has 0 atom stereocenters. The molecule has 0 aliphatic rings. The topological polar surface area (TPSA) is 0 Å². The Kier molecular flexibility index (Phi) is 6.72. The van der Waals surface area contributed by atoms with Crippen molar-refractivity contribution in [3.05, 3.63) is 0 Å². The van der Waals surface area contributed by atoms with Gasteiger partial charge in [-0.25, -0.2) is 0 Å². The summed E-state index contributed by atoms with van der Waals surface area (Å²) < 4.78 is 0. The van der Waals surface area contributed by atoms with E-state index in [1.807, 2.05) is 0 Å². The molecule has 8 heavy (non-hydrogen) atoms. The molecule has 0 aromatic carbocycles. The average molecular weight is 131 g/mol. The molecule has 0 saturated heterocycles. The molecule has 1 heteroatoms. The molecular formula is C7H11Cl. The van der Waals surface area contributed by atoms with Gasteiger partial charge in [0.15, 0.2) is 0 Å². The Morgan fingerprint density at radius 1 is 1.38 bits per heavy atom. The van der Waals surface area contributed by atoms with E-state index in [0.29, 0.717) is 5.88 Å². The van der Waals surface area contributed by atoms with Crippen LogP contribution in [-0.4, -0.2) is 5.88 Å². The summed E-state index contributed by atoms with van der Waals surface area (Å²) in [4.78, 5) is 0. The first-order chi connectivity index (χ1) is 3.91. The summed E-state index contributed by atoms with van der Waals surface area (Å²) >= 11 is 5.31. The van der Waals surface area contributed by atoms with Crippen LogP contribution in [0.25, 0.3) is 0 Å². The van der Waals surface area contributed by atoms with Gasteiger partial charge in [0, 0.05) is 6.42 Å². The standard InChI is InChI=1S/C7H11Cl/c1-2-3-4-5-6-7-8/h2-4,7H2,1H3. The molecule has 0 fully saturated rings. The average Bonchev–Trinajstić information content (AvgIpc) is 1.81. The van der Waals surface area contributed by atoms with Gasteiger partial charge < -0.3 is 0 Å². The highest BCUT2D eigenvalue weighted by molar-refractivity contribution is 6.19. The number of unbranched alkanes of at least 4 members (excludes halogenated alkanes) is 2. The van der Waals surface area contributed by atoms with Crippen LogP contribution < -0.4 is 0 Å². The van der Waals surface area contributed by atoms with Crippen molar-refractivity contribution >= 4 is 11.6 Å². The molecule has 0 amide bonds. The number of alkyl halides is 1. The molecule has 0 aliphatic carbocycles. The van der Waals surface area contributed by atoms with Crippen LogP contribution in [-0.2, 0) is 0 Å². The monoisotopic (exact) mass is 130 g/mol. The molecule has 0 rings (SSSR count). The molecule has 0 bridgehead atoms. The lowest BCUT2D eigenvalue weighted by molar-refractivity contribution is 0.828. The minimum atomic E-state index is 0.476. The molecule has 46 valence electrons. The van der Waals surface area contributed by atoms with Crippen molar-refractivity contribution in [2.45, 2.75) is 26.2 Å². The van der Waals surface area contributed by atoms with Gasteiger partial charge in [0.1, 0.15) is 0 Å². The molecule has 0 aromatic heterocycles. The third-order valence-electron chi connectivity index (χ3n) is 0.847. The maximum absolute atomic E-state index is 5.31. The number of rotatable bonds is 2. The zero-order valence-electron chi connectivity index (χ0n) is 5.21. The Balaban J connectivity index is 2.90. The zero-order chi connectivity index (χ0) is 6.24. The van der Waals surface area contributed by atoms with Gasteiger partial charge in [0.2, 0.25) is 0 Å². The predicted molar refractivity (Wildman–Crippen MR) is 38.0 cm³/mol. The van der Waals surface area contributed by atoms with Crippen molar-refractivity contribution in [2.75, 3.05) is 5.88 Å². The second kappa shape index (κ2) is 6.85. The Morgan fingerprint density at radius 2 is 2.12 bits per heavy atom. The van der Waals surface area contributed by atoms with Crippen molar-refractivity contribution in [3.63, 3.8) is 0 Å². The lowest BCUT2D eigenvalue weighted by Gasteiger charge is -1.81. The number of hydrogen-bond donors (Lipinski definition) is 0. The molecule has 0 heterocycles. The Bertz CT molecular complexity index is 86.3. The quantitative estimate of drug-likeness (QED) is 0.306. The predicted octanol–water partition coefficient (Wildman–Crippen LogP) is 2.42. The minimum absolute atomic E-state index is 0.476. The van der Waals surface area contributed by atoms with Gasteiger partial charge in [-0.1, -0.05) is 19.3 Å². The molecule has 0 aromatic rings. The van der Waals surface area contributed by atoms with Crippen molar-refractivity contribution in [2.24, 2.45) is 0 Å². The first-order valence-corrected chi connectivity index (χ1v) is 3.47. The van der Waals surface area contributed by atoms with E-state index >= 15 is 0 Å². The van der Waals surface area contributed by atoms with E-state index in [1.54, 1.807) is 0 Å². The van der Waals surface area contributed by atoms with Crippen molar-refractivity contribution in [1.29, 1.82) is 0 Å². The van der Waals surface area contributed by atoms with E-state index in [4.69, 9.17) is 11.6 Å². The molecule has 0 unspecified atom stereocenters. The summed E-state index contributed by atoms with van der Waals surface area (Å²) in [6.45, 7) is 2.16. The zero-order valence-corrected chi connectivity index (χ0v) is 5.96. The van der Waals surface area contributed by atoms with Crippen molar-refractivity contribution in [1.82, 2.24) is 0 Å². The molecule has 0 nitrogen and oxygen atoms in total. The molecule has 0 saturated carbocycles. The Hall–Kier alpha value is -0.150. The highest BCUT2D eigenvalue weighted by Crippen LogP contribution is 1.89. The summed E-state index contributed by atoms with van der Waals surface area (Å²) in [5.41, 5.74) is 0. The van der Waals surface area contributed by atoms with Gasteiger partial charge in [0.25, 0.3) is 0 Å². The fraction of sp³-hybridized carbons (Fsp3) is 0.714. The van der Waals surface area contributed by atoms with Crippen LogP contribution >= 0.6 is 11.6 Å². The fourth-order valence-corrected chi connectivity index (χ4v) is 0.495. The first kappa shape index (κ1) is 7.85. The van der Waals surface area contributed by atoms with E-state index < -0.39 is 0 Å². The highest BCUT2D eigenvalue weighted by Gasteiger charge is 1.73. The molecule has 0 spiro atoms. The third kappa shape index (κ3) is 5.85. The number of halogens is 1. The molecule has 0 N–H and O–H groups in total. The first-order valence-electron chi connectivity index (χ1n) is 2.93. The van der Waals surface area contributed by atoms with Crippen LogP contribution in [0.3, 0.4) is 0 Å². The highest BCUT2D eigenvalue weighted by atomic mass is 35.5. The smallest absolute Gasteiger partial charge is 0.0835 e. The van der Waals surface area contributed by atoms with Crippen LogP contribution in [0.1, 0.15) is 26.2 Å². The van der Waals surface area contributed by atoms with Crippen LogP contribution in [0.5, 0.6) is 0 Å². The molecule has 0 radical (unpaired) electrons. The second-order valence-electron chi connectivity index (χ2n) is 1.59. The third-order valence-corrected chi connectivity index (χ3v) is 0.981. The van der Waals surface area contributed by atoms with E-state index in [2.05, 4.69) is 18.8 Å². The normalized spacial score (nSPS) is 7.75. The molecular weight excluding hydrogens is 120 g/mol. The van der Waals surface area contributed by atoms with E-state index in [9.17, 15) is 0 Å².